The van der Waals surface area contributed by atoms with Crippen molar-refractivity contribution in [1.82, 2.24) is 14.9 Å². The van der Waals surface area contributed by atoms with Crippen molar-refractivity contribution < 1.29 is 9.47 Å². The number of nitrogens with zero attached hydrogens (tertiary/aromatic N) is 3. The molecule has 100 valence electrons. The highest BCUT2D eigenvalue weighted by molar-refractivity contribution is 5.22. The molecule has 6 heteroatoms. The molecule has 18 heavy (non-hydrogen) atoms. The first-order chi connectivity index (χ1) is 8.76. The van der Waals surface area contributed by atoms with Gasteiger partial charge in [0.25, 0.3) is 0 Å². The number of hydrogen-bond donors (Lipinski definition) is 1. The molecule has 1 saturated heterocycles. The first-order valence-electron chi connectivity index (χ1n) is 6.20. The molecular formula is C12H20N4O2. The third-order valence-electron chi connectivity index (χ3n) is 3.23. The molecular weight excluding hydrogens is 232 g/mol. The van der Waals surface area contributed by atoms with E-state index < -0.39 is 0 Å². The lowest BCUT2D eigenvalue weighted by Crippen LogP contribution is -2.47. The highest BCUT2D eigenvalue weighted by Gasteiger charge is 2.29. The second-order valence-corrected chi connectivity index (χ2v) is 4.28. The average Bonchev–Trinajstić information content (AvgIpc) is 2.46. The van der Waals surface area contributed by atoms with Crippen LogP contribution in [0.15, 0.2) is 12.4 Å². The summed E-state index contributed by atoms with van der Waals surface area (Å²) in [7, 11) is 1.57. The van der Waals surface area contributed by atoms with Gasteiger partial charge in [-0.3, -0.25) is 9.88 Å². The summed E-state index contributed by atoms with van der Waals surface area (Å²) >= 11 is 0. The summed E-state index contributed by atoms with van der Waals surface area (Å²) in [6.07, 6.45) is 3.15. The minimum absolute atomic E-state index is 0.0655. The number of hydrogen-bond acceptors (Lipinski definition) is 6. The molecule has 1 fully saturated rings. The summed E-state index contributed by atoms with van der Waals surface area (Å²) in [6.45, 7) is 5.62. The molecule has 6 nitrogen and oxygen atoms in total. The van der Waals surface area contributed by atoms with E-state index in [1.807, 2.05) is 0 Å². The SMILES string of the molecule is CCN1CCOC(C(N)c2nccnc2OC)C1. The first kappa shape index (κ1) is 13.2. The van der Waals surface area contributed by atoms with Crippen LogP contribution in [0, 0.1) is 0 Å². The van der Waals surface area contributed by atoms with Gasteiger partial charge in [-0.15, -0.1) is 0 Å². The summed E-state index contributed by atoms with van der Waals surface area (Å²) in [6, 6.07) is -0.317. The van der Waals surface area contributed by atoms with Crippen molar-refractivity contribution >= 4 is 0 Å². The van der Waals surface area contributed by atoms with Crippen molar-refractivity contribution in [3.05, 3.63) is 18.1 Å². The monoisotopic (exact) mass is 252 g/mol. The van der Waals surface area contributed by atoms with Gasteiger partial charge in [0.2, 0.25) is 5.88 Å². The van der Waals surface area contributed by atoms with Gasteiger partial charge in [0.05, 0.1) is 25.9 Å². The Bertz CT molecular complexity index is 388. The van der Waals surface area contributed by atoms with Crippen molar-refractivity contribution in [1.29, 1.82) is 0 Å². The Hall–Kier alpha value is -1.24. The second kappa shape index (κ2) is 6.08. The van der Waals surface area contributed by atoms with Crippen LogP contribution in [-0.4, -0.2) is 54.3 Å². The van der Waals surface area contributed by atoms with Gasteiger partial charge in [-0.1, -0.05) is 6.92 Å². The fourth-order valence-electron chi connectivity index (χ4n) is 2.13. The van der Waals surface area contributed by atoms with Crippen LogP contribution in [0.5, 0.6) is 5.88 Å². The lowest BCUT2D eigenvalue weighted by molar-refractivity contribution is -0.0402. The van der Waals surface area contributed by atoms with Crippen LogP contribution in [0.3, 0.4) is 0 Å². The summed E-state index contributed by atoms with van der Waals surface area (Å²) in [5.41, 5.74) is 6.88. The molecule has 0 aliphatic carbocycles. The van der Waals surface area contributed by atoms with E-state index in [1.165, 1.54) is 0 Å². The fraction of sp³-hybridized carbons (Fsp3) is 0.667. The number of likely N-dealkylation sites (N-methyl/N-ethyl adjacent to an activating group) is 1. The Labute approximate surface area is 107 Å². The average molecular weight is 252 g/mol. The van der Waals surface area contributed by atoms with Crippen LogP contribution >= 0.6 is 0 Å². The molecule has 2 atom stereocenters. The maximum Gasteiger partial charge on any atom is 0.237 e. The molecule has 1 aromatic rings. The predicted molar refractivity (Wildman–Crippen MR) is 67.4 cm³/mol. The summed E-state index contributed by atoms with van der Waals surface area (Å²) in [4.78, 5) is 10.7. The Morgan fingerprint density at radius 2 is 2.33 bits per heavy atom. The van der Waals surface area contributed by atoms with Gasteiger partial charge in [-0.05, 0) is 6.54 Å². The molecule has 0 aromatic carbocycles. The van der Waals surface area contributed by atoms with Crippen molar-refractivity contribution in [2.45, 2.75) is 19.1 Å². The van der Waals surface area contributed by atoms with Crippen molar-refractivity contribution in [2.24, 2.45) is 5.73 Å². The molecule has 0 amide bonds. The van der Waals surface area contributed by atoms with Crippen LogP contribution in [0.4, 0.5) is 0 Å². The Morgan fingerprint density at radius 1 is 1.56 bits per heavy atom. The minimum Gasteiger partial charge on any atom is -0.480 e. The van der Waals surface area contributed by atoms with Crippen molar-refractivity contribution in [3.8, 4) is 5.88 Å². The zero-order valence-corrected chi connectivity index (χ0v) is 10.9. The largest absolute Gasteiger partial charge is 0.480 e. The molecule has 2 N–H and O–H groups in total. The molecule has 0 bridgehead atoms. The van der Waals surface area contributed by atoms with Gasteiger partial charge < -0.3 is 15.2 Å². The van der Waals surface area contributed by atoms with E-state index in [-0.39, 0.29) is 12.1 Å². The normalized spacial score (nSPS) is 22.7. The first-order valence-corrected chi connectivity index (χ1v) is 6.20. The maximum atomic E-state index is 6.23. The zero-order valence-electron chi connectivity index (χ0n) is 10.9. The highest BCUT2D eigenvalue weighted by Crippen LogP contribution is 2.24. The lowest BCUT2D eigenvalue weighted by atomic mass is 10.1. The number of aromatic nitrogens is 2. The predicted octanol–water partition coefficient (Wildman–Crippen LogP) is 0.206. The maximum absolute atomic E-state index is 6.23. The fourth-order valence-corrected chi connectivity index (χ4v) is 2.13. The minimum atomic E-state index is -0.317. The Kier molecular flexibility index (Phi) is 4.46. The van der Waals surface area contributed by atoms with E-state index in [2.05, 4.69) is 21.8 Å². The van der Waals surface area contributed by atoms with Crippen molar-refractivity contribution in [2.75, 3.05) is 33.4 Å². The Morgan fingerprint density at radius 3 is 3.06 bits per heavy atom. The standard InChI is InChI=1S/C12H20N4O2/c1-3-16-6-7-18-9(8-16)10(13)11-12(17-2)15-5-4-14-11/h4-5,9-10H,3,6-8,13H2,1-2H3. The van der Waals surface area contributed by atoms with Crippen LogP contribution in [0.2, 0.25) is 0 Å². The number of rotatable bonds is 4. The van der Waals surface area contributed by atoms with E-state index in [0.29, 0.717) is 18.2 Å². The molecule has 0 spiro atoms. The summed E-state index contributed by atoms with van der Waals surface area (Å²) < 4.78 is 10.9. The summed E-state index contributed by atoms with van der Waals surface area (Å²) in [5.74, 6) is 0.474. The van der Waals surface area contributed by atoms with Crippen molar-refractivity contribution in [3.63, 3.8) is 0 Å². The molecule has 0 radical (unpaired) electrons. The third-order valence-corrected chi connectivity index (χ3v) is 3.23. The molecule has 1 aliphatic heterocycles. The zero-order chi connectivity index (χ0) is 13.0. The van der Waals surface area contributed by atoms with E-state index in [4.69, 9.17) is 15.2 Å². The van der Waals surface area contributed by atoms with Gasteiger partial charge in [-0.25, -0.2) is 4.98 Å². The topological polar surface area (TPSA) is 73.5 Å². The van der Waals surface area contributed by atoms with Crippen LogP contribution < -0.4 is 10.5 Å². The molecule has 0 saturated carbocycles. The van der Waals surface area contributed by atoms with Crippen LogP contribution in [0.1, 0.15) is 18.7 Å². The molecule has 2 heterocycles. The van der Waals surface area contributed by atoms with E-state index >= 15 is 0 Å². The Balaban J connectivity index is 2.12. The number of methoxy groups -OCH3 is 1. The molecule has 2 rings (SSSR count). The van der Waals surface area contributed by atoms with E-state index in [1.54, 1.807) is 19.5 Å². The molecule has 1 aliphatic rings. The van der Waals surface area contributed by atoms with Gasteiger partial charge in [0.15, 0.2) is 0 Å². The van der Waals surface area contributed by atoms with Gasteiger partial charge in [-0.2, -0.15) is 0 Å². The number of nitrogens with two attached hydrogens (primary N) is 1. The molecule has 2 unspecified atom stereocenters. The lowest BCUT2D eigenvalue weighted by Gasteiger charge is -2.34. The second-order valence-electron chi connectivity index (χ2n) is 4.28. The number of ether oxygens (including phenoxy) is 2. The van der Waals surface area contributed by atoms with E-state index in [9.17, 15) is 0 Å². The van der Waals surface area contributed by atoms with Gasteiger partial charge >= 0.3 is 0 Å². The quantitative estimate of drug-likeness (QED) is 0.825. The van der Waals surface area contributed by atoms with E-state index in [0.717, 1.165) is 19.6 Å². The van der Waals surface area contributed by atoms with Gasteiger partial charge in [0.1, 0.15) is 5.69 Å². The highest BCUT2D eigenvalue weighted by atomic mass is 16.5. The van der Waals surface area contributed by atoms with Gasteiger partial charge in [0, 0.05) is 25.5 Å². The third kappa shape index (κ3) is 2.77. The van der Waals surface area contributed by atoms with Crippen LogP contribution in [-0.2, 0) is 4.74 Å². The molecule has 1 aromatic heterocycles. The smallest absolute Gasteiger partial charge is 0.237 e. The number of morpholine rings is 1. The summed E-state index contributed by atoms with van der Waals surface area (Å²) in [5, 5.41) is 0. The van der Waals surface area contributed by atoms with Crippen LogP contribution in [0.25, 0.3) is 0 Å².